The minimum absolute atomic E-state index is 0.00580. The van der Waals surface area contributed by atoms with E-state index in [0.717, 1.165) is 11.1 Å². The summed E-state index contributed by atoms with van der Waals surface area (Å²) in [5.74, 6) is -0.388. The summed E-state index contributed by atoms with van der Waals surface area (Å²) in [7, 11) is 0. The first kappa shape index (κ1) is 19.1. The van der Waals surface area contributed by atoms with E-state index >= 15 is 0 Å². The van der Waals surface area contributed by atoms with Crippen molar-refractivity contribution < 1.29 is 14.3 Å². The quantitative estimate of drug-likeness (QED) is 0.720. The lowest BCUT2D eigenvalue weighted by molar-refractivity contribution is -0.123. The second kappa shape index (κ2) is 7.67. The van der Waals surface area contributed by atoms with Gasteiger partial charge in [0.2, 0.25) is 17.8 Å². The van der Waals surface area contributed by atoms with Gasteiger partial charge in [-0.05, 0) is 31.0 Å². The molecule has 0 saturated carbocycles. The summed E-state index contributed by atoms with van der Waals surface area (Å²) in [6.07, 6.45) is -0.00580. The number of anilines is 4. The lowest BCUT2D eigenvalue weighted by Gasteiger charge is -2.30. The van der Waals surface area contributed by atoms with Gasteiger partial charge in [-0.25, -0.2) is 0 Å². The molecule has 3 heterocycles. The molecule has 4 rings (SSSR count). The number of benzene rings is 1. The van der Waals surface area contributed by atoms with E-state index < -0.39 is 5.92 Å². The predicted octanol–water partition coefficient (Wildman–Crippen LogP) is 1.58. The van der Waals surface area contributed by atoms with Crippen LogP contribution >= 0.6 is 0 Å². The average molecular weight is 396 g/mol. The molecule has 1 atom stereocenters. The molecule has 2 aromatic rings. The van der Waals surface area contributed by atoms with Crippen LogP contribution in [0.1, 0.15) is 29.0 Å². The number of hydrogen-bond acceptors (Lipinski definition) is 7. The highest BCUT2D eigenvalue weighted by atomic mass is 16.5. The molecule has 0 spiro atoms. The molecule has 2 aliphatic rings. The Morgan fingerprint density at radius 3 is 2.79 bits per heavy atom. The third kappa shape index (κ3) is 3.86. The number of rotatable bonds is 3. The van der Waals surface area contributed by atoms with Crippen LogP contribution < -0.4 is 21.3 Å². The van der Waals surface area contributed by atoms with Crippen LogP contribution in [-0.4, -0.2) is 48.1 Å². The second-order valence-corrected chi connectivity index (χ2v) is 7.38. The van der Waals surface area contributed by atoms with E-state index in [1.54, 1.807) is 0 Å². The van der Waals surface area contributed by atoms with Gasteiger partial charge in [-0.1, -0.05) is 12.1 Å². The van der Waals surface area contributed by atoms with Crippen molar-refractivity contribution in [2.45, 2.75) is 26.2 Å². The number of nitrogens with two attached hydrogens (primary N) is 1. The summed E-state index contributed by atoms with van der Waals surface area (Å²) in [5.41, 5.74) is 9.38. The first-order chi connectivity index (χ1) is 13.9. The molecule has 1 aromatic heterocycles. The van der Waals surface area contributed by atoms with E-state index in [4.69, 9.17) is 10.5 Å². The lowest BCUT2D eigenvalue weighted by atomic mass is 9.91. The maximum absolute atomic E-state index is 13.0. The van der Waals surface area contributed by atoms with Crippen LogP contribution in [0, 0.1) is 13.8 Å². The van der Waals surface area contributed by atoms with E-state index in [2.05, 4.69) is 20.6 Å². The number of hydrogen-bond donors (Lipinski definition) is 3. The molecule has 2 aliphatic heterocycles. The van der Waals surface area contributed by atoms with E-state index in [1.807, 2.05) is 36.9 Å². The fourth-order valence-electron chi connectivity index (χ4n) is 3.60. The first-order valence-corrected chi connectivity index (χ1v) is 9.60. The van der Waals surface area contributed by atoms with Crippen LogP contribution in [0.4, 0.5) is 23.3 Å². The highest BCUT2D eigenvalue weighted by molar-refractivity contribution is 6.05. The molecule has 2 amide bonds. The number of ether oxygens (including phenoxy) is 1. The fourth-order valence-corrected chi connectivity index (χ4v) is 3.60. The number of amides is 2. The predicted molar refractivity (Wildman–Crippen MR) is 110 cm³/mol. The monoisotopic (exact) mass is 396 g/mol. The minimum Gasteiger partial charge on any atom is -0.383 e. The molecule has 1 saturated heterocycles. The molecule has 0 aliphatic carbocycles. The number of carbonyl (C=O) groups excluding carboxylic acids is 2. The normalized spacial score (nSPS) is 18.8. The lowest BCUT2D eigenvalue weighted by Crippen LogP contribution is -2.38. The zero-order chi connectivity index (χ0) is 20.5. The summed E-state index contributed by atoms with van der Waals surface area (Å²) < 4.78 is 5.35. The Morgan fingerprint density at radius 1 is 1.28 bits per heavy atom. The van der Waals surface area contributed by atoms with Crippen molar-refractivity contribution in [2.24, 2.45) is 0 Å². The number of morpholine rings is 1. The number of fused-ring (bicyclic) bond motifs is 1. The summed E-state index contributed by atoms with van der Waals surface area (Å²) in [4.78, 5) is 36.2. The number of aromatic nitrogens is 2. The smallest absolute Gasteiger partial charge is 0.232 e. The van der Waals surface area contributed by atoms with Gasteiger partial charge < -0.3 is 26.0 Å². The van der Waals surface area contributed by atoms with Crippen molar-refractivity contribution in [3.05, 3.63) is 34.9 Å². The molecule has 29 heavy (non-hydrogen) atoms. The summed E-state index contributed by atoms with van der Waals surface area (Å²) in [5, 5.41) is 5.67. The zero-order valence-electron chi connectivity index (χ0n) is 16.5. The molecule has 1 aromatic carbocycles. The molecule has 4 N–H and O–H groups in total. The third-order valence-electron chi connectivity index (χ3n) is 5.22. The van der Waals surface area contributed by atoms with E-state index in [0.29, 0.717) is 49.3 Å². The van der Waals surface area contributed by atoms with Gasteiger partial charge in [0.25, 0.3) is 0 Å². The summed E-state index contributed by atoms with van der Waals surface area (Å²) >= 11 is 0. The van der Waals surface area contributed by atoms with Gasteiger partial charge in [-0.15, -0.1) is 0 Å². The molecule has 1 fully saturated rings. The maximum Gasteiger partial charge on any atom is 0.232 e. The molecule has 152 valence electrons. The number of nitrogens with one attached hydrogen (secondary N) is 2. The number of aryl methyl sites for hydroxylation is 2. The third-order valence-corrected chi connectivity index (χ3v) is 5.22. The molecule has 1 unspecified atom stereocenters. The highest BCUT2D eigenvalue weighted by Crippen LogP contribution is 2.36. The maximum atomic E-state index is 13.0. The Kier molecular flexibility index (Phi) is 5.06. The molecule has 0 radical (unpaired) electrons. The van der Waals surface area contributed by atoms with Crippen LogP contribution in [0.5, 0.6) is 0 Å². The summed E-state index contributed by atoms with van der Waals surface area (Å²) in [6.45, 7) is 6.31. The molecule has 9 heteroatoms. The van der Waals surface area contributed by atoms with Crippen LogP contribution in [-0.2, 0) is 14.3 Å². The Bertz CT molecular complexity index is 971. The van der Waals surface area contributed by atoms with Gasteiger partial charge in [0.05, 0.1) is 24.7 Å². The van der Waals surface area contributed by atoms with Gasteiger partial charge in [0.1, 0.15) is 11.6 Å². The number of carbonyl (C=O) groups is 2. The Hall–Kier alpha value is -3.20. The largest absolute Gasteiger partial charge is 0.383 e. The standard InChI is InChI=1S/C20H24N6O3/c1-11-3-4-12(2)14(9-11)22-19(28)13-10-15(27)23-18-16(13)17(21)24-20(25-18)26-5-7-29-8-6-26/h3-4,9,13H,5-8,10H2,1-2H3,(H,22,28)(H3,21,23,24,25,27). The van der Waals surface area contributed by atoms with E-state index in [-0.39, 0.29) is 24.1 Å². The molecule has 9 nitrogen and oxygen atoms in total. The van der Waals surface area contributed by atoms with Gasteiger partial charge in [0, 0.05) is 25.2 Å². The second-order valence-electron chi connectivity index (χ2n) is 7.38. The number of nitrogen functional groups attached to an aromatic ring is 1. The van der Waals surface area contributed by atoms with Crippen LogP contribution in [0.25, 0.3) is 0 Å². The fraction of sp³-hybridized carbons (Fsp3) is 0.400. The van der Waals surface area contributed by atoms with Crippen molar-refractivity contribution in [1.29, 1.82) is 0 Å². The minimum atomic E-state index is -0.752. The Balaban J connectivity index is 1.65. The van der Waals surface area contributed by atoms with Crippen LogP contribution in [0.2, 0.25) is 0 Å². The van der Waals surface area contributed by atoms with Crippen LogP contribution in [0.3, 0.4) is 0 Å². The Labute approximate surface area is 168 Å². The van der Waals surface area contributed by atoms with Crippen molar-refractivity contribution in [2.75, 3.05) is 47.6 Å². The van der Waals surface area contributed by atoms with Crippen molar-refractivity contribution in [3.63, 3.8) is 0 Å². The topological polar surface area (TPSA) is 122 Å². The van der Waals surface area contributed by atoms with E-state index in [9.17, 15) is 9.59 Å². The van der Waals surface area contributed by atoms with Crippen LogP contribution in [0.15, 0.2) is 18.2 Å². The first-order valence-electron chi connectivity index (χ1n) is 9.60. The van der Waals surface area contributed by atoms with Crippen molar-refractivity contribution >= 4 is 35.1 Å². The SMILES string of the molecule is Cc1ccc(C)c(NC(=O)C2CC(=O)Nc3nc(N4CCOCC4)nc(N)c32)c1. The molecular weight excluding hydrogens is 372 g/mol. The summed E-state index contributed by atoms with van der Waals surface area (Å²) in [6, 6.07) is 5.82. The van der Waals surface area contributed by atoms with Gasteiger partial charge in [-0.3, -0.25) is 9.59 Å². The van der Waals surface area contributed by atoms with Gasteiger partial charge in [-0.2, -0.15) is 9.97 Å². The number of nitrogens with zero attached hydrogens (tertiary/aromatic N) is 3. The average Bonchev–Trinajstić information content (AvgIpc) is 2.70. The molecular formula is C20H24N6O3. The zero-order valence-corrected chi connectivity index (χ0v) is 16.5. The van der Waals surface area contributed by atoms with Gasteiger partial charge in [0.15, 0.2) is 0 Å². The van der Waals surface area contributed by atoms with Crippen molar-refractivity contribution in [3.8, 4) is 0 Å². The molecule has 0 bridgehead atoms. The highest BCUT2D eigenvalue weighted by Gasteiger charge is 2.35. The van der Waals surface area contributed by atoms with E-state index in [1.165, 1.54) is 0 Å². The van der Waals surface area contributed by atoms with Gasteiger partial charge >= 0.3 is 0 Å². The Morgan fingerprint density at radius 2 is 2.03 bits per heavy atom. The van der Waals surface area contributed by atoms with Crippen molar-refractivity contribution in [1.82, 2.24) is 9.97 Å².